The Bertz CT molecular complexity index is 1190. The highest BCUT2D eigenvalue weighted by molar-refractivity contribution is 6.30. The second-order valence-electron chi connectivity index (χ2n) is 5.83. The molecule has 11 heteroatoms. The van der Waals surface area contributed by atoms with Gasteiger partial charge in [0.25, 0.3) is 11.6 Å². The molecule has 0 fully saturated rings. The van der Waals surface area contributed by atoms with Crippen LogP contribution in [0.4, 0.5) is 5.69 Å². The third kappa shape index (κ3) is 3.40. The van der Waals surface area contributed by atoms with Crippen LogP contribution in [-0.4, -0.2) is 35.0 Å². The summed E-state index contributed by atoms with van der Waals surface area (Å²) in [5, 5.41) is 18.6. The summed E-state index contributed by atoms with van der Waals surface area (Å²) in [6.45, 7) is 0.163. The third-order valence-electron chi connectivity index (χ3n) is 3.99. The van der Waals surface area contributed by atoms with Crippen molar-refractivity contribution in [2.24, 2.45) is 0 Å². The molecule has 4 rings (SSSR count). The Morgan fingerprint density at radius 1 is 1.25 bits per heavy atom. The number of nitrogens with zero attached hydrogens (tertiary/aromatic N) is 6. The van der Waals surface area contributed by atoms with Crippen molar-refractivity contribution in [1.82, 2.24) is 29.5 Å². The Hall–Kier alpha value is -3.79. The fourth-order valence-corrected chi connectivity index (χ4v) is 2.88. The highest BCUT2D eigenvalue weighted by atomic mass is 35.5. The van der Waals surface area contributed by atoms with E-state index in [1.165, 1.54) is 35.5 Å². The molecule has 0 saturated carbocycles. The number of nitro groups is 1. The van der Waals surface area contributed by atoms with E-state index < -0.39 is 10.8 Å². The molecule has 0 bridgehead atoms. The van der Waals surface area contributed by atoms with E-state index in [0.29, 0.717) is 16.4 Å². The number of halogens is 1. The van der Waals surface area contributed by atoms with Crippen molar-refractivity contribution in [2.75, 3.05) is 0 Å². The SMILES string of the molecule is O=C(NCc1cn2cc(Cl)ccc2n1)c1ccc(-n2cncn2)c([N+](=O)[O-])c1. The van der Waals surface area contributed by atoms with Gasteiger partial charge in [0, 0.05) is 24.0 Å². The van der Waals surface area contributed by atoms with Crippen molar-refractivity contribution in [2.45, 2.75) is 6.54 Å². The first-order valence-corrected chi connectivity index (χ1v) is 8.44. The summed E-state index contributed by atoms with van der Waals surface area (Å²) < 4.78 is 3.02. The number of benzene rings is 1. The summed E-state index contributed by atoms with van der Waals surface area (Å²) in [6, 6.07) is 7.63. The van der Waals surface area contributed by atoms with Crippen LogP contribution in [0.3, 0.4) is 0 Å². The molecule has 10 nitrogen and oxygen atoms in total. The predicted octanol–water partition coefficient (Wildman–Crippen LogP) is 2.41. The van der Waals surface area contributed by atoms with E-state index in [9.17, 15) is 14.9 Å². The van der Waals surface area contributed by atoms with E-state index in [0.717, 1.165) is 0 Å². The second-order valence-corrected chi connectivity index (χ2v) is 6.26. The fraction of sp³-hybridized carbons (Fsp3) is 0.0588. The summed E-state index contributed by atoms with van der Waals surface area (Å²) in [5.74, 6) is -0.455. The molecule has 0 radical (unpaired) electrons. The molecule has 140 valence electrons. The van der Waals surface area contributed by atoms with Gasteiger partial charge in [0.15, 0.2) is 0 Å². The summed E-state index contributed by atoms with van der Waals surface area (Å²) in [5.41, 5.74) is 1.45. The second kappa shape index (κ2) is 7.08. The molecular weight excluding hydrogens is 386 g/mol. The van der Waals surface area contributed by atoms with Gasteiger partial charge in [0.2, 0.25) is 0 Å². The van der Waals surface area contributed by atoms with Gasteiger partial charge in [0.05, 0.1) is 22.2 Å². The first-order chi connectivity index (χ1) is 13.5. The van der Waals surface area contributed by atoms with Gasteiger partial charge in [0.1, 0.15) is 24.0 Å². The minimum atomic E-state index is -0.570. The molecule has 0 saturated heterocycles. The van der Waals surface area contributed by atoms with Crippen LogP contribution in [0.15, 0.2) is 55.4 Å². The van der Waals surface area contributed by atoms with Gasteiger partial charge in [-0.15, -0.1) is 0 Å². The number of nitrogens with one attached hydrogen (secondary N) is 1. The van der Waals surface area contributed by atoms with Gasteiger partial charge in [-0.25, -0.2) is 14.6 Å². The number of hydrogen-bond donors (Lipinski definition) is 1. The third-order valence-corrected chi connectivity index (χ3v) is 4.22. The van der Waals surface area contributed by atoms with Crippen molar-refractivity contribution in [1.29, 1.82) is 0 Å². The molecule has 0 unspecified atom stereocenters. The highest BCUT2D eigenvalue weighted by Gasteiger charge is 2.19. The first kappa shape index (κ1) is 17.6. The van der Waals surface area contributed by atoms with Crippen LogP contribution in [0.5, 0.6) is 0 Å². The van der Waals surface area contributed by atoms with Crippen molar-refractivity contribution in [3.63, 3.8) is 0 Å². The number of nitro benzene ring substituents is 1. The monoisotopic (exact) mass is 397 g/mol. The first-order valence-electron chi connectivity index (χ1n) is 8.06. The van der Waals surface area contributed by atoms with Gasteiger partial charge < -0.3 is 9.72 Å². The van der Waals surface area contributed by atoms with Crippen LogP contribution in [0.2, 0.25) is 5.02 Å². The van der Waals surface area contributed by atoms with Crippen molar-refractivity contribution < 1.29 is 9.72 Å². The molecule has 3 heterocycles. The molecule has 0 aliphatic carbocycles. The van der Waals surface area contributed by atoms with Crippen molar-refractivity contribution in [3.8, 4) is 5.69 Å². The van der Waals surface area contributed by atoms with E-state index in [1.54, 1.807) is 28.9 Å². The zero-order valence-corrected chi connectivity index (χ0v) is 14.9. The van der Waals surface area contributed by atoms with Crippen LogP contribution in [0.1, 0.15) is 16.1 Å². The summed E-state index contributed by atoms with van der Waals surface area (Å²) in [6.07, 6.45) is 6.07. The summed E-state index contributed by atoms with van der Waals surface area (Å²) in [7, 11) is 0. The van der Waals surface area contributed by atoms with Gasteiger partial charge in [-0.1, -0.05) is 11.6 Å². The molecule has 0 aliphatic rings. The van der Waals surface area contributed by atoms with Crippen LogP contribution in [0, 0.1) is 10.1 Å². The van der Waals surface area contributed by atoms with E-state index in [4.69, 9.17) is 11.6 Å². The molecule has 0 spiro atoms. The number of hydrogen-bond acceptors (Lipinski definition) is 6. The minimum Gasteiger partial charge on any atom is -0.346 e. The lowest BCUT2D eigenvalue weighted by atomic mass is 10.1. The molecule has 1 aromatic carbocycles. The van der Waals surface area contributed by atoms with Crippen LogP contribution in [-0.2, 0) is 6.54 Å². The largest absolute Gasteiger partial charge is 0.346 e. The number of rotatable bonds is 5. The molecule has 0 aliphatic heterocycles. The van der Waals surface area contributed by atoms with E-state index in [-0.39, 0.29) is 23.5 Å². The quantitative estimate of drug-likeness (QED) is 0.408. The zero-order chi connectivity index (χ0) is 19.7. The van der Waals surface area contributed by atoms with Crippen molar-refractivity contribution >= 4 is 28.8 Å². The van der Waals surface area contributed by atoms with E-state index in [1.807, 2.05) is 0 Å². The number of carbonyl (C=O) groups excluding carboxylic acids is 1. The molecule has 0 atom stereocenters. The Morgan fingerprint density at radius 2 is 2.11 bits per heavy atom. The average Bonchev–Trinajstić information content (AvgIpc) is 3.34. The maximum atomic E-state index is 12.4. The average molecular weight is 398 g/mol. The molecule has 4 aromatic rings. The summed E-state index contributed by atoms with van der Waals surface area (Å²) >= 11 is 5.94. The molecule has 1 amide bonds. The van der Waals surface area contributed by atoms with Crippen LogP contribution < -0.4 is 5.32 Å². The lowest BCUT2D eigenvalue weighted by Crippen LogP contribution is -2.23. The Balaban J connectivity index is 1.54. The Kier molecular flexibility index (Phi) is 4.45. The van der Waals surface area contributed by atoms with Gasteiger partial charge in [-0.05, 0) is 24.3 Å². The highest BCUT2D eigenvalue weighted by Crippen LogP contribution is 2.23. The van der Waals surface area contributed by atoms with E-state index in [2.05, 4.69) is 20.4 Å². The minimum absolute atomic E-state index is 0.155. The van der Waals surface area contributed by atoms with Crippen molar-refractivity contribution in [3.05, 3.63) is 81.8 Å². The zero-order valence-electron chi connectivity index (χ0n) is 14.2. The van der Waals surface area contributed by atoms with Crippen LogP contribution in [0.25, 0.3) is 11.3 Å². The number of pyridine rings is 1. The smallest absolute Gasteiger partial charge is 0.295 e. The Morgan fingerprint density at radius 3 is 2.86 bits per heavy atom. The predicted molar refractivity (Wildman–Crippen MR) is 99.4 cm³/mol. The standard InChI is InChI=1S/C17H12ClN7O3/c18-12-2-4-16-22-13(8-23(16)7-12)6-20-17(26)11-1-3-14(15(5-11)25(27)28)24-10-19-9-21-24/h1-5,7-10H,6H2,(H,20,26). The molecule has 28 heavy (non-hydrogen) atoms. The lowest BCUT2D eigenvalue weighted by Gasteiger charge is -2.06. The number of carbonyl (C=O) groups is 1. The number of amides is 1. The molecule has 1 N–H and O–H groups in total. The molecular formula is C17H12ClN7O3. The van der Waals surface area contributed by atoms with Crippen LogP contribution >= 0.6 is 11.6 Å². The number of fused-ring (bicyclic) bond motifs is 1. The fourth-order valence-electron chi connectivity index (χ4n) is 2.71. The maximum Gasteiger partial charge on any atom is 0.295 e. The van der Waals surface area contributed by atoms with Gasteiger partial charge in [-0.2, -0.15) is 5.10 Å². The van der Waals surface area contributed by atoms with Gasteiger partial charge in [-0.3, -0.25) is 14.9 Å². The summed E-state index contributed by atoms with van der Waals surface area (Å²) in [4.78, 5) is 31.4. The number of imidazole rings is 1. The molecule has 3 aromatic heterocycles. The topological polar surface area (TPSA) is 120 Å². The maximum absolute atomic E-state index is 12.4. The number of aromatic nitrogens is 5. The normalized spacial score (nSPS) is 10.9. The lowest BCUT2D eigenvalue weighted by molar-refractivity contribution is -0.384. The van der Waals surface area contributed by atoms with Gasteiger partial charge >= 0.3 is 0 Å². The van der Waals surface area contributed by atoms with E-state index >= 15 is 0 Å². The Labute approximate surface area is 162 Å².